The van der Waals surface area contributed by atoms with Gasteiger partial charge in [-0.25, -0.2) is 0 Å². The Bertz CT molecular complexity index is 417. The van der Waals surface area contributed by atoms with Crippen molar-refractivity contribution in [2.75, 3.05) is 17.6 Å². The largest absolute Gasteiger partial charge is 0.508 e. The minimum absolute atomic E-state index is 0.306. The van der Waals surface area contributed by atoms with E-state index in [1.54, 1.807) is 12.1 Å². The van der Waals surface area contributed by atoms with Gasteiger partial charge in [0.1, 0.15) is 5.75 Å². The number of nitrogen functional groups attached to an aromatic ring is 1. The van der Waals surface area contributed by atoms with Crippen LogP contribution in [0.1, 0.15) is 5.56 Å². The van der Waals surface area contributed by atoms with Gasteiger partial charge >= 0.3 is 0 Å². The predicted octanol–water partition coefficient (Wildman–Crippen LogP) is 2.63. The molecule has 0 fully saturated rings. The van der Waals surface area contributed by atoms with Crippen LogP contribution in [0.5, 0.6) is 5.75 Å². The standard InChI is InChI=1S/C14H16N2O/c15-12-3-5-13(6-4-12)16-10-9-11-1-7-14(17)8-2-11/h1-8,16-17H,9-10,15H2. The minimum atomic E-state index is 0.306. The van der Waals surface area contributed by atoms with Crippen molar-refractivity contribution in [3.05, 3.63) is 54.1 Å². The molecule has 17 heavy (non-hydrogen) atoms. The highest BCUT2D eigenvalue weighted by Crippen LogP contribution is 2.12. The molecule has 0 atom stereocenters. The molecule has 2 aromatic carbocycles. The lowest BCUT2D eigenvalue weighted by atomic mass is 10.1. The quantitative estimate of drug-likeness (QED) is 0.705. The predicted molar refractivity (Wildman–Crippen MR) is 71.2 cm³/mol. The van der Waals surface area contributed by atoms with Crippen LogP contribution in [-0.2, 0) is 6.42 Å². The van der Waals surface area contributed by atoms with Gasteiger partial charge in [-0.3, -0.25) is 0 Å². The number of hydrogen-bond acceptors (Lipinski definition) is 3. The number of nitrogens with two attached hydrogens (primary N) is 1. The Morgan fingerprint density at radius 3 is 2.24 bits per heavy atom. The van der Waals surface area contributed by atoms with E-state index in [0.717, 1.165) is 24.3 Å². The van der Waals surface area contributed by atoms with Crippen molar-refractivity contribution >= 4 is 11.4 Å². The molecule has 2 aromatic rings. The molecule has 0 spiro atoms. The highest BCUT2D eigenvalue weighted by molar-refractivity contribution is 5.51. The van der Waals surface area contributed by atoms with Gasteiger partial charge in [-0.2, -0.15) is 0 Å². The molecule has 3 nitrogen and oxygen atoms in total. The van der Waals surface area contributed by atoms with Crippen molar-refractivity contribution in [1.29, 1.82) is 0 Å². The highest BCUT2D eigenvalue weighted by atomic mass is 16.3. The van der Waals surface area contributed by atoms with E-state index in [1.165, 1.54) is 5.56 Å². The third-order valence-corrected chi connectivity index (χ3v) is 2.59. The van der Waals surface area contributed by atoms with Crippen LogP contribution < -0.4 is 11.1 Å². The Morgan fingerprint density at radius 2 is 1.59 bits per heavy atom. The van der Waals surface area contributed by atoms with Gasteiger partial charge in [-0.15, -0.1) is 0 Å². The molecule has 0 amide bonds. The molecule has 0 aliphatic rings. The van der Waals surface area contributed by atoms with E-state index in [-0.39, 0.29) is 0 Å². The molecule has 0 unspecified atom stereocenters. The van der Waals surface area contributed by atoms with E-state index in [9.17, 15) is 0 Å². The summed E-state index contributed by atoms with van der Waals surface area (Å²) in [5.41, 5.74) is 8.65. The fourth-order valence-electron chi connectivity index (χ4n) is 1.61. The van der Waals surface area contributed by atoms with Gasteiger partial charge in [0.25, 0.3) is 0 Å². The van der Waals surface area contributed by atoms with Gasteiger partial charge in [0.05, 0.1) is 0 Å². The number of hydrogen-bond donors (Lipinski definition) is 3. The Morgan fingerprint density at radius 1 is 0.941 bits per heavy atom. The van der Waals surface area contributed by atoms with Crippen LogP contribution >= 0.6 is 0 Å². The summed E-state index contributed by atoms with van der Waals surface area (Å²) in [5, 5.41) is 12.5. The molecule has 0 heterocycles. The number of phenolic OH excluding ortho intramolecular Hbond substituents is 1. The van der Waals surface area contributed by atoms with E-state index < -0.39 is 0 Å². The second-order valence-electron chi connectivity index (χ2n) is 3.97. The van der Waals surface area contributed by atoms with Gasteiger partial charge in [0.15, 0.2) is 0 Å². The highest BCUT2D eigenvalue weighted by Gasteiger charge is 1.94. The van der Waals surface area contributed by atoms with Crippen molar-refractivity contribution in [2.24, 2.45) is 0 Å². The number of benzene rings is 2. The van der Waals surface area contributed by atoms with Gasteiger partial charge < -0.3 is 16.2 Å². The van der Waals surface area contributed by atoms with Gasteiger partial charge in [0, 0.05) is 17.9 Å². The first-order valence-electron chi connectivity index (χ1n) is 5.61. The van der Waals surface area contributed by atoms with E-state index in [1.807, 2.05) is 36.4 Å². The maximum Gasteiger partial charge on any atom is 0.115 e. The smallest absolute Gasteiger partial charge is 0.115 e. The minimum Gasteiger partial charge on any atom is -0.508 e. The number of phenols is 1. The Hall–Kier alpha value is -2.16. The second kappa shape index (κ2) is 5.25. The summed E-state index contributed by atoms with van der Waals surface area (Å²) in [6, 6.07) is 15.0. The third kappa shape index (κ3) is 3.41. The summed E-state index contributed by atoms with van der Waals surface area (Å²) in [6.07, 6.45) is 0.921. The number of rotatable bonds is 4. The lowest BCUT2D eigenvalue weighted by molar-refractivity contribution is 0.475. The van der Waals surface area contributed by atoms with Gasteiger partial charge in [-0.1, -0.05) is 12.1 Å². The number of nitrogens with one attached hydrogen (secondary N) is 1. The summed E-state index contributed by atoms with van der Waals surface area (Å²) in [5.74, 6) is 0.306. The Balaban J connectivity index is 1.83. The first-order chi connectivity index (χ1) is 8.24. The summed E-state index contributed by atoms with van der Waals surface area (Å²) < 4.78 is 0. The topological polar surface area (TPSA) is 58.3 Å². The molecule has 0 saturated heterocycles. The third-order valence-electron chi connectivity index (χ3n) is 2.59. The molecule has 2 rings (SSSR count). The Kier molecular flexibility index (Phi) is 3.50. The molecular weight excluding hydrogens is 212 g/mol. The zero-order valence-electron chi connectivity index (χ0n) is 9.56. The molecule has 3 heteroatoms. The van der Waals surface area contributed by atoms with Crippen molar-refractivity contribution in [1.82, 2.24) is 0 Å². The fourth-order valence-corrected chi connectivity index (χ4v) is 1.61. The molecular formula is C14H16N2O. The summed E-state index contributed by atoms with van der Waals surface area (Å²) >= 11 is 0. The van der Waals surface area contributed by atoms with Crippen LogP contribution in [0, 0.1) is 0 Å². The normalized spacial score (nSPS) is 10.1. The van der Waals surface area contributed by atoms with Crippen LogP contribution in [0.2, 0.25) is 0 Å². The van der Waals surface area contributed by atoms with Gasteiger partial charge in [0.2, 0.25) is 0 Å². The van der Waals surface area contributed by atoms with Crippen molar-refractivity contribution < 1.29 is 5.11 Å². The van der Waals surface area contributed by atoms with Crippen LogP contribution in [0.25, 0.3) is 0 Å². The first kappa shape index (κ1) is 11.3. The van der Waals surface area contributed by atoms with Gasteiger partial charge in [-0.05, 0) is 48.4 Å². The van der Waals surface area contributed by atoms with E-state index in [2.05, 4.69) is 5.32 Å². The summed E-state index contributed by atoms with van der Waals surface area (Å²) in [6.45, 7) is 0.856. The second-order valence-corrected chi connectivity index (χ2v) is 3.97. The SMILES string of the molecule is Nc1ccc(NCCc2ccc(O)cc2)cc1. The first-order valence-corrected chi connectivity index (χ1v) is 5.61. The van der Waals surface area contributed by atoms with Crippen LogP contribution in [0.3, 0.4) is 0 Å². The van der Waals surface area contributed by atoms with E-state index in [4.69, 9.17) is 10.8 Å². The van der Waals surface area contributed by atoms with Crippen molar-refractivity contribution in [3.8, 4) is 5.75 Å². The number of anilines is 2. The molecule has 0 aromatic heterocycles. The van der Waals surface area contributed by atoms with Crippen molar-refractivity contribution in [3.63, 3.8) is 0 Å². The lowest BCUT2D eigenvalue weighted by Crippen LogP contribution is -2.04. The molecule has 88 valence electrons. The monoisotopic (exact) mass is 228 g/mol. The molecule has 0 bridgehead atoms. The lowest BCUT2D eigenvalue weighted by Gasteiger charge is -2.06. The maximum absolute atomic E-state index is 9.16. The van der Waals surface area contributed by atoms with E-state index >= 15 is 0 Å². The van der Waals surface area contributed by atoms with E-state index in [0.29, 0.717) is 5.75 Å². The average Bonchev–Trinajstić information content (AvgIpc) is 2.34. The zero-order chi connectivity index (χ0) is 12.1. The van der Waals surface area contributed by atoms with Crippen LogP contribution in [-0.4, -0.2) is 11.7 Å². The average molecular weight is 228 g/mol. The molecule has 0 saturated carbocycles. The maximum atomic E-state index is 9.16. The summed E-state index contributed by atoms with van der Waals surface area (Å²) in [7, 11) is 0. The summed E-state index contributed by atoms with van der Waals surface area (Å²) in [4.78, 5) is 0. The molecule has 0 aliphatic carbocycles. The zero-order valence-corrected chi connectivity index (χ0v) is 9.56. The number of aromatic hydroxyl groups is 1. The molecule has 4 N–H and O–H groups in total. The molecule has 0 radical (unpaired) electrons. The fraction of sp³-hybridized carbons (Fsp3) is 0.143. The van der Waals surface area contributed by atoms with Crippen LogP contribution in [0.15, 0.2) is 48.5 Å². The Labute approximate surface area is 101 Å². The van der Waals surface area contributed by atoms with Crippen molar-refractivity contribution in [2.45, 2.75) is 6.42 Å². The van der Waals surface area contributed by atoms with Crippen LogP contribution in [0.4, 0.5) is 11.4 Å². The molecule has 0 aliphatic heterocycles.